The first-order chi connectivity index (χ1) is 14.5. The molecule has 0 fully saturated rings. The summed E-state index contributed by atoms with van der Waals surface area (Å²) < 4.78 is 10.8. The van der Waals surface area contributed by atoms with Crippen LogP contribution in [-0.4, -0.2) is 54.8 Å². The highest BCUT2D eigenvalue weighted by atomic mass is 16.5. The molecule has 2 aromatic rings. The molecule has 0 bridgehead atoms. The highest BCUT2D eigenvalue weighted by Crippen LogP contribution is 2.38. The molecule has 0 N–H and O–H groups in total. The first-order valence-corrected chi connectivity index (χ1v) is 9.95. The van der Waals surface area contributed by atoms with E-state index in [9.17, 15) is 14.4 Å². The third kappa shape index (κ3) is 3.20. The van der Waals surface area contributed by atoms with Gasteiger partial charge in [0.25, 0.3) is 11.8 Å². The van der Waals surface area contributed by atoms with Gasteiger partial charge in [0.05, 0.1) is 31.4 Å². The van der Waals surface area contributed by atoms with Crippen LogP contribution in [0.5, 0.6) is 11.5 Å². The van der Waals surface area contributed by atoms with Crippen molar-refractivity contribution in [1.29, 1.82) is 0 Å². The van der Waals surface area contributed by atoms with E-state index in [4.69, 9.17) is 9.47 Å². The molecule has 3 amide bonds. The Morgan fingerprint density at radius 2 is 1.63 bits per heavy atom. The first kappa shape index (κ1) is 19.9. The smallest absolute Gasteiger partial charge is 0.261 e. The van der Waals surface area contributed by atoms with E-state index in [1.807, 2.05) is 19.1 Å². The molecule has 2 aliphatic heterocycles. The van der Waals surface area contributed by atoms with Gasteiger partial charge < -0.3 is 14.4 Å². The number of carbonyl (C=O) groups excluding carboxylic acids is 3. The summed E-state index contributed by atoms with van der Waals surface area (Å²) in [7, 11) is 3.19. The van der Waals surface area contributed by atoms with Crippen molar-refractivity contribution in [3.8, 4) is 11.5 Å². The highest BCUT2D eigenvalue weighted by Gasteiger charge is 2.36. The zero-order valence-electron chi connectivity index (χ0n) is 17.3. The fraction of sp³-hybridized carbons (Fsp3) is 0.348. The molecule has 2 aliphatic rings. The van der Waals surface area contributed by atoms with Gasteiger partial charge in [0, 0.05) is 19.5 Å². The molecular formula is C23H24N2O5. The van der Waals surface area contributed by atoms with Crippen LogP contribution in [-0.2, 0) is 11.2 Å². The molecule has 1 unspecified atom stereocenters. The number of hydrogen-bond acceptors (Lipinski definition) is 5. The third-order valence-corrected chi connectivity index (χ3v) is 5.93. The van der Waals surface area contributed by atoms with Crippen LogP contribution in [0, 0.1) is 0 Å². The summed E-state index contributed by atoms with van der Waals surface area (Å²) in [5.74, 6) is 0.548. The average molecular weight is 408 g/mol. The molecule has 2 heterocycles. The van der Waals surface area contributed by atoms with Crippen LogP contribution in [0.1, 0.15) is 51.2 Å². The number of carbonyl (C=O) groups is 3. The molecule has 4 rings (SSSR count). The number of nitrogens with zero attached hydrogens (tertiary/aromatic N) is 2. The zero-order valence-corrected chi connectivity index (χ0v) is 17.3. The summed E-state index contributed by atoms with van der Waals surface area (Å²) in [5.41, 5.74) is 2.95. The molecule has 0 radical (unpaired) electrons. The number of amides is 3. The van der Waals surface area contributed by atoms with Crippen molar-refractivity contribution in [2.45, 2.75) is 25.8 Å². The fourth-order valence-electron chi connectivity index (χ4n) is 4.28. The topological polar surface area (TPSA) is 76.2 Å². The highest BCUT2D eigenvalue weighted by molar-refractivity contribution is 6.21. The van der Waals surface area contributed by atoms with Gasteiger partial charge in [-0.25, -0.2) is 0 Å². The molecular weight excluding hydrogens is 384 g/mol. The minimum atomic E-state index is -0.336. The van der Waals surface area contributed by atoms with Crippen molar-refractivity contribution in [3.05, 3.63) is 58.7 Å². The Morgan fingerprint density at radius 1 is 1.03 bits per heavy atom. The van der Waals surface area contributed by atoms with E-state index in [1.165, 1.54) is 4.90 Å². The summed E-state index contributed by atoms with van der Waals surface area (Å²) in [6, 6.07) is 10.5. The summed E-state index contributed by atoms with van der Waals surface area (Å²) in [5, 5.41) is 0. The van der Waals surface area contributed by atoms with Crippen LogP contribution in [0.3, 0.4) is 0 Å². The SMILES string of the molecule is COc1cc2c(cc1OC)C(C)N(C(=O)CCN1C(=O)c3ccccc3C1=O)CC2. The molecule has 7 nitrogen and oxygen atoms in total. The lowest BCUT2D eigenvalue weighted by molar-refractivity contribution is -0.133. The maximum atomic E-state index is 13.0. The summed E-state index contributed by atoms with van der Waals surface area (Å²) in [6.45, 7) is 2.63. The van der Waals surface area contributed by atoms with E-state index < -0.39 is 0 Å². The minimum absolute atomic E-state index is 0.0766. The molecule has 2 aromatic carbocycles. The largest absolute Gasteiger partial charge is 0.493 e. The molecule has 0 saturated carbocycles. The molecule has 0 aliphatic carbocycles. The Bertz CT molecular complexity index is 997. The Morgan fingerprint density at radius 3 is 2.23 bits per heavy atom. The Labute approximate surface area is 175 Å². The first-order valence-electron chi connectivity index (χ1n) is 9.95. The van der Waals surface area contributed by atoms with Gasteiger partial charge in [-0.3, -0.25) is 19.3 Å². The Hall–Kier alpha value is -3.35. The number of imide groups is 1. The van der Waals surface area contributed by atoms with Crippen molar-refractivity contribution in [2.75, 3.05) is 27.3 Å². The molecule has 0 spiro atoms. The predicted octanol–water partition coefficient (Wildman–Crippen LogP) is 2.84. The maximum absolute atomic E-state index is 13.0. The van der Waals surface area contributed by atoms with E-state index in [2.05, 4.69) is 0 Å². The Kier molecular flexibility index (Phi) is 5.20. The number of ether oxygens (including phenoxy) is 2. The molecule has 30 heavy (non-hydrogen) atoms. The predicted molar refractivity (Wildman–Crippen MR) is 110 cm³/mol. The van der Waals surface area contributed by atoms with Crippen molar-refractivity contribution < 1.29 is 23.9 Å². The quantitative estimate of drug-likeness (QED) is 0.711. The monoisotopic (exact) mass is 408 g/mol. The molecule has 7 heteroatoms. The van der Waals surface area contributed by atoms with Gasteiger partial charge in [-0.2, -0.15) is 0 Å². The van der Waals surface area contributed by atoms with Gasteiger partial charge in [0.15, 0.2) is 11.5 Å². The summed E-state index contributed by atoms with van der Waals surface area (Å²) in [4.78, 5) is 40.9. The normalized spacial score (nSPS) is 17.6. The average Bonchev–Trinajstić information content (AvgIpc) is 3.01. The summed E-state index contributed by atoms with van der Waals surface area (Å²) in [6.07, 6.45) is 0.803. The number of benzene rings is 2. The van der Waals surface area contributed by atoms with Crippen LogP contribution in [0.2, 0.25) is 0 Å². The van der Waals surface area contributed by atoms with Gasteiger partial charge in [-0.15, -0.1) is 0 Å². The molecule has 0 aromatic heterocycles. The second-order valence-electron chi connectivity index (χ2n) is 7.48. The van der Waals surface area contributed by atoms with Crippen LogP contribution >= 0.6 is 0 Å². The number of hydrogen-bond donors (Lipinski definition) is 0. The molecule has 1 atom stereocenters. The van der Waals surface area contributed by atoms with E-state index >= 15 is 0 Å². The van der Waals surface area contributed by atoms with Gasteiger partial charge in [-0.1, -0.05) is 12.1 Å². The second kappa shape index (κ2) is 7.82. The minimum Gasteiger partial charge on any atom is -0.493 e. The molecule has 156 valence electrons. The second-order valence-corrected chi connectivity index (χ2v) is 7.48. The number of rotatable bonds is 5. The van der Waals surface area contributed by atoms with E-state index in [0.717, 1.165) is 11.1 Å². The number of methoxy groups -OCH3 is 2. The zero-order chi connectivity index (χ0) is 21.4. The van der Waals surface area contributed by atoms with Crippen LogP contribution in [0.15, 0.2) is 36.4 Å². The van der Waals surface area contributed by atoms with Crippen molar-refractivity contribution in [1.82, 2.24) is 9.80 Å². The van der Waals surface area contributed by atoms with Gasteiger partial charge >= 0.3 is 0 Å². The van der Waals surface area contributed by atoms with Gasteiger partial charge in [0.2, 0.25) is 5.91 Å². The Balaban J connectivity index is 1.47. The standard InChI is InChI=1S/C23H24N2O5/c1-14-18-13-20(30-3)19(29-2)12-15(18)8-10-24(14)21(26)9-11-25-22(27)16-6-4-5-7-17(16)23(25)28/h4-7,12-14H,8-11H2,1-3H3. The lowest BCUT2D eigenvalue weighted by atomic mass is 9.92. The maximum Gasteiger partial charge on any atom is 0.261 e. The van der Waals surface area contributed by atoms with Crippen molar-refractivity contribution in [3.63, 3.8) is 0 Å². The van der Waals surface area contributed by atoms with Crippen LogP contribution in [0.25, 0.3) is 0 Å². The summed E-state index contributed by atoms with van der Waals surface area (Å²) >= 11 is 0. The number of fused-ring (bicyclic) bond motifs is 2. The van der Waals surface area contributed by atoms with Crippen molar-refractivity contribution in [2.24, 2.45) is 0 Å². The fourth-order valence-corrected chi connectivity index (χ4v) is 4.28. The van der Waals surface area contributed by atoms with Crippen molar-refractivity contribution >= 4 is 17.7 Å². The van der Waals surface area contributed by atoms with Crippen LogP contribution in [0.4, 0.5) is 0 Å². The van der Waals surface area contributed by atoms with Crippen LogP contribution < -0.4 is 9.47 Å². The third-order valence-electron chi connectivity index (χ3n) is 5.93. The lowest BCUT2D eigenvalue weighted by Gasteiger charge is -2.36. The molecule has 0 saturated heterocycles. The van der Waals surface area contributed by atoms with E-state index in [0.29, 0.717) is 35.6 Å². The van der Waals surface area contributed by atoms with E-state index in [-0.39, 0.29) is 36.7 Å². The van der Waals surface area contributed by atoms with E-state index in [1.54, 1.807) is 43.4 Å². The van der Waals surface area contributed by atoms with Gasteiger partial charge in [-0.05, 0) is 48.7 Å². The van der Waals surface area contributed by atoms with Gasteiger partial charge in [0.1, 0.15) is 0 Å². The lowest BCUT2D eigenvalue weighted by Crippen LogP contribution is -2.41.